The van der Waals surface area contributed by atoms with Crippen LogP contribution in [0.1, 0.15) is 24.4 Å². The Morgan fingerprint density at radius 2 is 2.25 bits per heavy atom. The molecule has 2 heterocycles. The minimum Gasteiger partial charge on any atom is -0.332 e. The third-order valence-corrected chi connectivity index (χ3v) is 3.12. The van der Waals surface area contributed by atoms with Crippen molar-refractivity contribution in [1.82, 2.24) is 10.3 Å². The molecule has 0 spiro atoms. The number of hydrogen-bond donors (Lipinski definition) is 1. The third kappa shape index (κ3) is 1.35. The Labute approximate surface area is 91.8 Å². The second-order valence-electron chi connectivity index (χ2n) is 4.03. The van der Waals surface area contributed by atoms with E-state index in [4.69, 9.17) is 0 Å². The maximum Gasteiger partial charge on any atom is 0.131 e. The van der Waals surface area contributed by atoms with E-state index < -0.39 is 11.6 Å². The van der Waals surface area contributed by atoms with Gasteiger partial charge < -0.3 is 4.90 Å². The number of halogens is 2. The summed E-state index contributed by atoms with van der Waals surface area (Å²) in [5.41, 5.74) is 3.42. The first-order valence-electron chi connectivity index (χ1n) is 5.27. The van der Waals surface area contributed by atoms with Crippen molar-refractivity contribution in [1.29, 1.82) is 0 Å². The predicted molar refractivity (Wildman–Crippen MR) is 55.6 cm³/mol. The van der Waals surface area contributed by atoms with Crippen LogP contribution in [-0.2, 0) is 0 Å². The number of fused-ring (bicyclic) bond motifs is 1. The zero-order chi connectivity index (χ0) is 11.1. The molecule has 2 aliphatic rings. The van der Waals surface area contributed by atoms with Gasteiger partial charge in [0.05, 0.1) is 6.04 Å². The lowest BCUT2D eigenvalue weighted by molar-refractivity contribution is 0.336. The largest absolute Gasteiger partial charge is 0.332 e. The molecule has 1 aromatic rings. The smallest absolute Gasteiger partial charge is 0.131 e. The highest BCUT2D eigenvalue weighted by Crippen LogP contribution is 2.35. The van der Waals surface area contributed by atoms with Gasteiger partial charge in [0.1, 0.15) is 24.1 Å². The Balaban J connectivity index is 1.95. The number of benzene rings is 1. The Hall–Kier alpha value is -1.65. The maximum absolute atomic E-state index is 13.6. The molecule has 1 N–H and O–H groups in total. The van der Waals surface area contributed by atoms with Crippen molar-refractivity contribution in [3.8, 4) is 0 Å². The third-order valence-electron chi connectivity index (χ3n) is 3.12. The molecular weight excluding hydrogens is 212 g/mol. The van der Waals surface area contributed by atoms with Crippen LogP contribution in [0.2, 0.25) is 0 Å². The van der Waals surface area contributed by atoms with Gasteiger partial charge in [-0.25, -0.2) is 8.78 Å². The van der Waals surface area contributed by atoms with E-state index in [2.05, 4.69) is 10.5 Å². The molecule has 0 amide bonds. The van der Waals surface area contributed by atoms with Crippen LogP contribution in [0.3, 0.4) is 0 Å². The molecule has 84 valence electrons. The van der Waals surface area contributed by atoms with E-state index in [1.54, 1.807) is 0 Å². The first-order valence-corrected chi connectivity index (χ1v) is 5.27. The van der Waals surface area contributed by atoms with Crippen molar-refractivity contribution < 1.29 is 8.78 Å². The zero-order valence-corrected chi connectivity index (χ0v) is 8.58. The number of hydrogen-bond acceptors (Lipinski definition) is 3. The molecule has 0 bridgehead atoms. The summed E-state index contributed by atoms with van der Waals surface area (Å²) in [7, 11) is 0. The lowest BCUT2D eigenvalue weighted by Crippen LogP contribution is -2.27. The summed E-state index contributed by atoms with van der Waals surface area (Å²) in [4.78, 5) is 2.02. The van der Waals surface area contributed by atoms with Crippen molar-refractivity contribution in [2.75, 3.05) is 6.67 Å². The number of amidine groups is 1. The van der Waals surface area contributed by atoms with Gasteiger partial charge in [0.2, 0.25) is 0 Å². The van der Waals surface area contributed by atoms with Crippen LogP contribution in [0, 0.1) is 11.6 Å². The Morgan fingerprint density at radius 1 is 1.38 bits per heavy atom. The predicted octanol–water partition coefficient (Wildman–Crippen LogP) is 1.98. The van der Waals surface area contributed by atoms with Gasteiger partial charge in [0.15, 0.2) is 0 Å². The molecule has 1 aromatic carbocycles. The molecule has 0 radical (unpaired) electrons. The summed E-state index contributed by atoms with van der Waals surface area (Å²) in [5, 5.41) is 4.12. The average molecular weight is 223 g/mol. The van der Waals surface area contributed by atoms with Gasteiger partial charge in [-0.3, -0.25) is 5.43 Å². The van der Waals surface area contributed by atoms with E-state index in [-0.39, 0.29) is 6.04 Å². The van der Waals surface area contributed by atoms with Gasteiger partial charge in [-0.1, -0.05) is 6.07 Å². The van der Waals surface area contributed by atoms with Crippen LogP contribution in [-0.4, -0.2) is 17.4 Å². The number of rotatable bonds is 1. The monoisotopic (exact) mass is 223 g/mol. The molecule has 1 unspecified atom stereocenters. The molecule has 1 fully saturated rings. The first kappa shape index (κ1) is 9.57. The molecule has 0 aliphatic carbocycles. The minimum absolute atomic E-state index is 0.0191. The van der Waals surface area contributed by atoms with Gasteiger partial charge in [-0.2, -0.15) is 5.10 Å². The topological polar surface area (TPSA) is 27.6 Å². The van der Waals surface area contributed by atoms with Gasteiger partial charge in [-0.05, 0) is 12.5 Å². The quantitative estimate of drug-likeness (QED) is 0.788. The summed E-state index contributed by atoms with van der Waals surface area (Å²) in [6, 6.07) is 3.75. The molecular formula is C11H11F2N3. The van der Waals surface area contributed by atoms with Crippen LogP contribution in [0.15, 0.2) is 23.3 Å². The van der Waals surface area contributed by atoms with E-state index in [0.717, 1.165) is 24.7 Å². The second-order valence-corrected chi connectivity index (χ2v) is 4.03. The van der Waals surface area contributed by atoms with Crippen molar-refractivity contribution in [2.24, 2.45) is 5.10 Å². The van der Waals surface area contributed by atoms with E-state index in [0.29, 0.717) is 12.2 Å². The van der Waals surface area contributed by atoms with Gasteiger partial charge in [0, 0.05) is 18.1 Å². The standard InChI is InChI=1S/C11H11F2N3/c12-7-1-2-8(9(13)5-7)10-3-4-11-15-14-6-16(10)11/h1-2,5,10,14H,3-4,6H2. The highest BCUT2D eigenvalue weighted by molar-refractivity contribution is 5.85. The lowest BCUT2D eigenvalue weighted by Gasteiger charge is -2.22. The zero-order valence-electron chi connectivity index (χ0n) is 8.58. The van der Waals surface area contributed by atoms with Crippen molar-refractivity contribution in [3.63, 3.8) is 0 Å². The van der Waals surface area contributed by atoms with Gasteiger partial charge in [0.25, 0.3) is 0 Å². The second kappa shape index (κ2) is 3.43. The summed E-state index contributed by atoms with van der Waals surface area (Å²) >= 11 is 0. The maximum atomic E-state index is 13.6. The summed E-state index contributed by atoms with van der Waals surface area (Å²) in [6.45, 7) is 0.608. The summed E-state index contributed by atoms with van der Waals surface area (Å²) < 4.78 is 26.4. The molecule has 5 heteroatoms. The molecule has 2 aliphatic heterocycles. The highest BCUT2D eigenvalue weighted by atomic mass is 19.1. The van der Waals surface area contributed by atoms with Crippen LogP contribution in [0.25, 0.3) is 0 Å². The number of hydrazone groups is 1. The van der Waals surface area contributed by atoms with E-state index >= 15 is 0 Å². The van der Waals surface area contributed by atoms with Crippen LogP contribution < -0.4 is 5.43 Å². The summed E-state index contributed by atoms with van der Waals surface area (Å²) in [5.74, 6) is -0.0421. The number of nitrogens with one attached hydrogen (secondary N) is 1. The van der Waals surface area contributed by atoms with E-state index in [9.17, 15) is 8.78 Å². The lowest BCUT2D eigenvalue weighted by atomic mass is 10.0. The van der Waals surface area contributed by atoms with Crippen molar-refractivity contribution in [2.45, 2.75) is 18.9 Å². The average Bonchev–Trinajstić information content (AvgIpc) is 2.80. The molecule has 1 atom stereocenters. The normalized spacial score (nSPS) is 23.0. The van der Waals surface area contributed by atoms with Gasteiger partial charge >= 0.3 is 0 Å². The van der Waals surface area contributed by atoms with E-state index in [1.807, 2.05) is 4.90 Å². The fraction of sp³-hybridized carbons (Fsp3) is 0.364. The van der Waals surface area contributed by atoms with Crippen LogP contribution in [0.4, 0.5) is 8.78 Å². The van der Waals surface area contributed by atoms with Crippen LogP contribution in [0.5, 0.6) is 0 Å². The SMILES string of the molecule is Fc1ccc(C2CCC3=NNCN32)c(F)c1. The van der Waals surface area contributed by atoms with Gasteiger partial charge in [-0.15, -0.1) is 0 Å². The molecule has 0 aromatic heterocycles. The van der Waals surface area contributed by atoms with E-state index in [1.165, 1.54) is 12.1 Å². The molecule has 0 saturated carbocycles. The highest BCUT2D eigenvalue weighted by Gasteiger charge is 2.34. The number of nitrogens with zero attached hydrogens (tertiary/aromatic N) is 2. The Bertz CT molecular complexity index is 459. The van der Waals surface area contributed by atoms with Crippen molar-refractivity contribution >= 4 is 5.84 Å². The Kier molecular flexibility index (Phi) is 2.05. The minimum atomic E-state index is -0.535. The summed E-state index contributed by atoms with van der Waals surface area (Å²) in [6.07, 6.45) is 1.68. The molecule has 1 saturated heterocycles. The van der Waals surface area contributed by atoms with Crippen molar-refractivity contribution in [3.05, 3.63) is 35.4 Å². The fourth-order valence-electron chi connectivity index (χ4n) is 2.36. The molecule has 3 nitrogen and oxygen atoms in total. The molecule has 3 rings (SSSR count). The molecule has 16 heavy (non-hydrogen) atoms. The Morgan fingerprint density at radius 3 is 3.06 bits per heavy atom. The van der Waals surface area contributed by atoms with Crippen LogP contribution >= 0.6 is 0 Å². The first-order chi connectivity index (χ1) is 7.75. The fourth-order valence-corrected chi connectivity index (χ4v) is 2.36.